The van der Waals surface area contributed by atoms with Gasteiger partial charge in [-0.2, -0.15) is 0 Å². The number of nitrogen functional groups attached to an aromatic ring is 1. The quantitative estimate of drug-likeness (QED) is 0.474. The van der Waals surface area contributed by atoms with Crippen LogP contribution in [0.4, 0.5) is 10.3 Å². The summed E-state index contributed by atoms with van der Waals surface area (Å²) in [5.74, 6) is -0.445. The summed E-state index contributed by atoms with van der Waals surface area (Å²) in [7, 11) is 1.72. The van der Waals surface area contributed by atoms with Gasteiger partial charge in [0.25, 0.3) is 0 Å². The summed E-state index contributed by atoms with van der Waals surface area (Å²) in [6.07, 6.45) is 5.87. The molecule has 7 nitrogen and oxygen atoms in total. The number of halogens is 2. The highest BCUT2D eigenvalue weighted by molar-refractivity contribution is 9.10. The van der Waals surface area contributed by atoms with E-state index in [0.717, 1.165) is 49.8 Å². The molecule has 27 heavy (non-hydrogen) atoms. The van der Waals surface area contributed by atoms with Crippen molar-refractivity contribution in [3.05, 3.63) is 35.1 Å². The number of nitrogens with zero attached hydrogens (tertiary/aromatic N) is 5. The summed E-state index contributed by atoms with van der Waals surface area (Å²) in [4.78, 5) is 14.6. The largest absolute Gasteiger partial charge is 0.385 e. The molecule has 0 bridgehead atoms. The van der Waals surface area contributed by atoms with Crippen LogP contribution in [-0.4, -0.2) is 57.8 Å². The first kappa shape index (κ1) is 18.3. The summed E-state index contributed by atoms with van der Waals surface area (Å²) in [6, 6.07) is 2.20. The lowest BCUT2D eigenvalue weighted by Gasteiger charge is -2.40. The third-order valence-electron chi connectivity index (χ3n) is 4.86. The van der Waals surface area contributed by atoms with E-state index in [-0.39, 0.29) is 11.6 Å². The second-order valence-corrected chi connectivity index (χ2v) is 7.47. The SMILES string of the molecule is COCCCN1CC(n2cc(-c3nc(N)ncc3F)c3cc(Br)ncc32)C1. The minimum atomic E-state index is -0.494. The smallest absolute Gasteiger partial charge is 0.220 e. The van der Waals surface area contributed by atoms with E-state index >= 15 is 0 Å². The highest BCUT2D eigenvalue weighted by Crippen LogP contribution is 2.36. The first-order chi connectivity index (χ1) is 13.1. The fraction of sp³-hybridized carbons (Fsp3) is 0.389. The predicted octanol–water partition coefficient (Wildman–Crippen LogP) is 2.87. The van der Waals surface area contributed by atoms with Crippen LogP contribution in [0, 0.1) is 5.82 Å². The Morgan fingerprint density at radius 3 is 2.93 bits per heavy atom. The highest BCUT2D eigenvalue weighted by Gasteiger charge is 2.30. The molecule has 3 aromatic rings. The Bertz CT molecular complexity index is 972. The summed E-state index contributed by atoms with van der Waals surface area (Å²) >= 11 is 3.40. The van der Waals surface area contributed by atoms with Crippen molar-refractivity contribution in [2.75, 3.05) is 39.1 Å². The predicted molar refractivity (Wildman–Crippen MR) is 105 cm³/mol. The molecule has 0 aliphatic carbocycles. The maximum atomic E-state index is 14.4. The number of hydrogen-bond acceptors (Lipinski definition) is 6. The van der Waals surface area contributed by atoms with Crippen LogP contribution in [-0.2, 0) is 4.74 Å². The molecule has 0 amide bonds. The molecule has 9 heteroatoms. The van der Waals surface area contributed by atoms with Gasteiger partial charge < -0.3 is 15.0 Å². The molecule has 0 radical (unpaired) electrons. The van der Waals surface area contributed by atoms with Crippen molar-refractivity contribution in [3.63, 3.8) is 0 Å². The van der Waals surface area contributed by atoms with Gasteiger partial charge in [0.05, 0.1) is 24.0 Å². The summed E-state index contributed by atoms with van der Waals surface area (Å²) in [6.45, 7) is 3.66. The number of anilines is 1. The molecule has 2 N–H and O–H groups in total. The molecule has 0 saturated carbocycles. The zero-order valence-corrected chi connectivity index (χ0v) is 16.5. The van der Waals surface area contributed by atoms with Gasteiger partial charge in [0.15, 0.2) is 5.82 Å². The van der Waals surface area contributed by atoms with Crippen LogP contribution < -0.4 is 5.73 Å². The maximum absolute atomic E-state index is 14.4. The van der Waals surface area contributed by atoms with Crippen LogP contribution in [0.3, 0.4) is 0 Å². The van der Waals surface area contributed by atoms with Gasteiger partial charge >= 0.3 is 0 Å². The maximum Gasteiger partial charge on any atom is 0.220 e. The third kappa shape index (κ3) is 3.54. The first-order valence-electron chi connectivity index (χ1n) is 8.72. The molecule has 1 fully saturated rings. The Kier molecular flexibility index (Phi) is 5.07. The number of rotatable bonds is 6. The van der Waals surface area contributed by atoms with Gasteiger partial charge in [0.1, 0.15) is 10.3 Å². The fourth-order valence-corrected chi connectivity index (χ4v) is 3.85. The lowest BCUT2D eigenvalue weighted by Crippen LogP contribution is -2.47. The van der Waals surface area contributed by atoms with E-state index in [2.05, 4.69) is 40.3 Å². The number of aromatic nitrogens is 4. The fourth-order valence-electron chi connectivity index (χ4n) is 3.52. The monoisotopic (exact) mass is 434 g/mol. The second kappa shape index (κ2) is 7.49. The Labute approximate surface area is 164 Å². The van der Waals surface area contributed by atoms with Crippen molar-refractivity contribution in [1.82, 2.24) is 24.4 Å². The van der Waals surface area contributed by atoms with Gasteiger partial charge in [0, 0.05) is 50.5 Å². The lowest BCUT2D eigenvalue weighted by molar-refractivity contribution is 0.0933. The van der Waals surface area contributed by atoms with Crippen molar-refractivity contribution in [2.24, 2.45) is 0 Å². The number of nitrogens with two attached hydrogens (primary N) is 1. The average Bonchev–Trinajstić information content (AvgIpc) is 2.97. The second-order valence-electron chi connectivity index (χ2n) is 6.66. The Hall–Kier alpha value is -2.10. The highest BCUT2D eigenvalue weighted by atomic mass is 79.9. The molecular weight excluding hydrogens is 415 g/mol. The van der Waals surface area contributed by atoms with Crippen molar-refractivity contribution >= 4 is 32.8 Å². The van der Waals surface area contributed by atoms with Gasteiger partial charge in [-0.1, -0.05) is 0 Å². The average molecular weight is 435 g/mol. The van der Waals surface area contributed by atoms with Gasteiger partial charge in [0.2, 0.25) is 5.95 Å². The number of methoxy groups -OCH3 is 1. The number of likely N-dealkylation sites (tertiary alicyclic amines) is 1. The van der Waals surface area contributed by atoms with Gasteiger partial charge in [-0.3, -0.25) is 4.90 Å². The summed E-state index contributed by atoms with van der Waals surface area (Å²) < 4.78 is 22.3. The number of hydrogen-bond donors (Lipinski definition) is 1. The van der Waals surface area contributed by atoms with Crippen molar-refractivity contribution < 1.29 is 9.13 Å². The molecule has 3 aromatic heterocycles. The molecule has 0 unspecified atom stereocenters. The normalized spacial score (nSPS) is 15.4. The molecule has 4 heterocycles. The van der Waals surface area contributed by atoms with Gasteiger partial charge in [-0.15, -0.1) is 0 Å². The Balaban J connectivity index is 1.68. The Morgan fingerprint density at radius 2 is 2.15 bits per heavy atom. The van der Waals surface area contributed by atoms with Crippen LogP contribution in [0.25, 0.3) is 22.2 Å². The minimum absolute atomic E-state index is 0.0494. The van der Waals surface area contributed by atoms with Crippen LogP contribution in [0.2, 0.25) is 0 Å². The van der Waals surface area contributed by atoms with Crippen LogP contribution in [0.5, 0.6) is 0 Å². The van der Waals surface area contributed by atoms with Crippen LogP contribution >= 0.6 is 15.9 Å². The van der Waals surface area contributed by atoms with E-state index in [1.54, 1.807) is 13.3 Å². The zero-order chi connectivity index (χ0) is 19.0. The summed E-state index contributed by atoms with van der Waals surface area (Å²) in [5, 5.41) is 0.881. The molecule has 1 aliphatic heterocycles. The zero-order valence-electron chi connectivity index (χ0n) is 14.9. The van der Waals surface area contributed by atoms with E-state index in [9.17, 15) is 4.39 Å². The van der Waals surface area contributed by atoms with E-state index in [1.165, 1.54) is 0 Å². The van der Waals surface area contributed by atoms with E-state index in [0.29, 0.717) is 16.2 Å². The van der Waals surface area contributed by atoms with E-state index in [4.69, 9.17) is 10.5 Å². The topological polar surface area (TPSA) is 82.1 Å². The van der Waals surface area contributed by atoms with Crippen molar-refractivity contribution in [1.29, 1.82) is 0 Å². The van der Waals surface area contributed by atoms with Crippen LogP contribution in [0.1, 0.15) is 12.5 Å². The summed E-state index contributed by atoms with van der Waals surface area (Å²) in [5.41, 5.74) is 7.54. The molecule has 4 rings (SSSR count). The number of fused-ring (bicyclic) bond motifs is 1. The van der Waals surface area contributed by atoms with Crippen molar-refractivity contribution in [2.45, 2.75) is 12.5 Å². The van der Waals surface area contributed by atoms with Crippen molar-refractivity contribution in [3.8, 4) is 11.3 Å². The van der Waals surface area contributed by atoms with E-state index in [1.807, 2.05) is 12.3 Å². The van der Waals surface area contributed by atoms with Gasteiger partial charge in [-0.05, 0) is 28.4 Å². The molecule has 1 aliphatic rings. The molecule has 0 atom stereocenters. The first-order valence-corrected chi connectivity index (χ1v) is 9.52. The molecule has 142 valence electrons. The number of pyridine rings is 1. The Morgan fingerprint density at radius 1 is 1.33 bits per heavy atom. The standard InChI is InChI=1S/C18H20BrFN6O/c1-27-4-2-3-25-8-11(9-25)26-10-13(12-5-16(19)22-7-15(12)26)17-14(20)6-23-18(21)24-17/h5-7,10-11H,2-4,8-9H2,1H3,(H2,21,23,24). The lowest BCUT2D eigenvalue weighted by atomic mass is 10.1. The molecular formula is C18H20BrFN6O. The molecule has 0 spiro atoms. The van der Waals surface area contributed by atoms with Crippen LogP contribution in [0.15, 0.2) is 29.3 Å². The molecule has 1 saturated heterocycles. The number of ether oxygens (including phenoxy) is 1. The molecule has 0 aromatic carbocycles. The minimum Gasteiger partial charge on any atom is -0.385 e. The third-order valence-corrected chi connectivity index (χ3v) is 5.29. The van der Waals surface area contributed by atoms with Gasteiger partial charge in [-0.25, -0.2) is 19.3 Å². The van der Waals surface area contributed by atoms with E-state index < -0.39 is 5.82 Å².